The molecular formula is C13H20N2OS. The SMILES string of the molecule is CCCN(CC(N)=S)Cc1cccc(OC)c1. The van der Waals surface area contributed by atoms with Crippen molar-refractivity contribution in [3.8, 4) is 5.75 Å². The van der Waals surface area contributed by atoms with E-state index in [9.17, 15) is 0 Å². The summed E-state index contributed by atoms with van der Waals surface area (Å²) < 4.78 is 5.21. The third-order valence-corrected chi connectivity index (χ3v) is 2.59. The van der Waals surface area contributed by atoms with Gasteiger partial charge in [-0.05, 0) is 30.7 Å². The highest BCUT2D eigenvalue weighted by Crippen LogP contribution is 2.14. The molecule has 0 amide bonds. The van der Waals surface area contributed by atoms with Gasteiger partial charge in [0, 0.05) is 13.1 Å². The lowest BCUT2D eigenvalue weighted by Crippen LogP contribution is -2.32. The second kappa shape index (κ2) is 7.25. The first-order valence-electron chi connectivity index (χ1n) is 5.79. The van der Waals surface area contributed by atoms with Crippen LogP contribution in [0.1, 0.15) is 18.9 Å². The zero-order valence-electron chi connectivity index (χ0n) is 10.5. The smallest absolute Gasteiger partial charge is 0.119 e. The second-order valence-corrected chi connectivity index (χ2v) is 4.55. The average Bonchev–Trinajstić information content (AvgIpc) is 2.29. The number of nitrogens with two attached hydrogens (primary N) is 1. The first-order valence-corrected chi connectivity index (χ1v) is 6.20. The average molecular weight is 252 g/mol. The number of methoxy groups -OCH3 is 1. The number of hydrogen-bond acceptors (Lipinski definition) is 3. The molecule has 0 saturated heterocycles. The number of nitrogens with zero attached hydrogens (tertiary/aromatic N) is 1. The minimum atomic E-state index is 0.543. The van der Waals surface area contributed by atoms with Crippen molar-refractivity contribution >= 4 is 17.2 Å². The van der Waals surface area contributed by atoms with E-state index in [-0.39, 0.29) is 0 Å². The van der Waals surface area contributed by atoms with E-state index in [1.165, 1.54) is 5.56 Å². The van der Waals surface area contributed by atoms with Gasteiger partial charge in [0.1, 0.15) is 5.75 Å². The molecule has 0 unspecified atom stereocenters. The molecule has 1 aromatic rings. The predicted molar refractivity (Wildman–Crippen MR) is 75.3 cm³/mol. The molecule has 3 nitrogen and oxygen atoms in total. The third-order valence-electron chi connectivity index (χ3n) is 2.46. The molecule has 0 fully saturated rings. The molecule has 0 spiro atoms. The van der Waals surface area contributed by atoms with E-state index in [0.717, 1.165) is 25.3 Å². The molecule has 0 aliphatic rings. The molecule has 94 valence electrons. The van der Waals surface area contributed by atoms with Gasteiger partial charge in [-0.25, -0.2) is 0 Å². The van der Waals surface area contributed by atoms with Gasteiger partial charge >= 0.3 is 0 Å². The number of thiocarbonyl (C=S) groups is 1. The van der Waals surface area contributed by atoms with E-state index in [2.05, 4.69) is 17.9 Å². The van der Waals surface area contributed by atoms with E-state index in [1.54, 1.807) is 7.11 Å². The standard InChI is InChI=1S/C13H20N2OS/c1-3-7-15(10-13(14)17)9-11-5-4-6-12(8-11)16-2/h4-6,8H,3,7,9-10H2,1-2H3,(H2,14,17). The van der Waals surface area contributed by atoms with Crippen LogP contribution < -0.4 is 10.5 Å². The molecule has 0 bridgehead atoms. The van der Waals surface area contributed by atoms with E-state index < -0.39 is 0 Å². The minimum absolute atomic E-state index is 0.543. The fourth-order valence-electron chi connectivity index (χ4n) is 1.78. The number of ether oxygens (including phenoxy) is 1. The van der Waals surface area contributed by atoms with Gasteiger partial charge in [-0.1, -0.05) is 31.3 Å². The fraction of sp³-hybridized carbons (Fsp3) is 0.462. The second-order valence-electron chi connectivity index (χ2n) is 4.03. The molecule has 0 radical (unpaired) electrons. The number of benzene rings is 1. The normalized spacial score (nSPS) is 10.5. The first kappa shape index (κ1) is 13.9. The Morgan fingerprint density at radius 1 is 1.47 bits per heavy atom. The van der Waals surface area contributed by atoms with Crippen molar-refractivity contribution in [1.82, 2.24) is 4.90 Å². The van der Waals surface area contributed by atoms with Gasteiger partial charge in [0.2, 0.25) is 0 Å². The van der Waals surface area contributed by atoms with Gasteiger partial charge in [-0.2, -0.15) is 0 Å². The molecule has 0 saturated carbocycles. The van der Waals surface area contributed by atoms with Gasteiger partial charge in [-0.3, -0.25) is 4.90 Å². The van der Waals surface area contributed by atoms with Gasteiger partial charge in [0.15, 0.2) is 0 Å². The van der Waals surface area contributed by atoms with Crippen LogP contribution in [0.4, 0.5) is 0 Å². The summed E-state index contributed by atoms with van der Waals surface area (Å²) in [5.41, 5.74) is 6.82. The van der Waals surface area contributed by atoms with Crippen molar-refractivity contribution in [3.05, 3.63) is 29.8 Å². The van der Waals surface area contributed by atoms with E-state index in [4.69, 9.17) is 22.7 Å². The van der Waals surface area contributed by atoms with Crippen LogP contribution in [0.3, 0.4) is 0 Å². The summed E-state index contributed by atoms with van der Waals surface area (Å²) in [6.45, 7) is 4.66. The molecule has 0 atom stereocenters. The molecule has 1 aromatic carbocycles. The first-order chi connectivity index (χ1) is 8.15. The van der Waals surface area contributed by atoms with Crippen molar-refractivity contribution in [3.63, 3.8) is 0 Å². The van der Waals surface area contributed by atoms with Crippen molar-refractivity contribution in [1.29, 1.82) is 0 Å². The Kier molecular flexibility index (Phi) is 5.94. The van der Waals surface area contributed by atoms with Crippen LogP contribution in [0, 0.1) is 0 Å². The summed E-state index contributed by atoms with van der Waals surface area (Å²) in [4.78, 5) is 2.79. The van der Waals surface area contributed by atoms with Crippen LogP contribution in [0.25, 0.3) is 0 Å². The summed E-state index contributed by atoms with van der Waals surface area (Å²) in [6, 6.07) is 8.08. The molecule has 1 rings (SSSR count). The third kappa shape index (κ3) is 5.15. The van der Waals surface area contributed by atoms with Gasteiger partial charge in [0.05, 0.1) is 12.1 Å². The topological polar surface area (TPSA) is 38.5 Å². The van der Waals surface area contributed by atoms with E-state index in [0.29, 0.717) is 11.5 Å². The van der Waals surface area contributed by atoms with Crippen LogP contribution in [-0.4, -0.2) is 30.1 Å². The Morgan fingerprint density at radius 2 is 2.24 bits per heavy atom. The zero-order valence-corrected chi connectivity index (χ0v) is 11.3. The lowest BCUT2D eigenvalue weighted by atomic mass is 10.2. The maximum atomic E-state index is 5.60. The summed E-state index contributed by atoms with van der Waals surface area (Å²) in [6.07, 6.45) is 1.09. The predicted octanol–water partition coefficient (Wildman–Crippen LogP) is 2.19. The monoisotopic (exact) mass is 252 g/mol. The quantitative estimate of drug-likeness (QED) is 0.755. The number of hydrogen-bond donors (Lipinski definition) is 1. The molecule has 0 aromatic heterocycles. The molecule has 17 heavy (non-hydrogen) atoms. The maximum absolute atomic E-state index is 5.60. The van der Waals surface area contributed by atoms with Gasteiger partial charge < -0.3 is 10.5 Å². The summed E-state index contributed by atoms with van der Waals surface area (Å²) >= 11 is 4.96. The highest BCUT2D eigenvalue weighted by atomic mass is 32.1. The van der Waals surface area contributed by atoms with Crippen molar-refractivity contribution in [2.45, 2.75) is 19.9 Å². The van der Waals surface area contributed by atoms with Crippen molar-refractivity contribution in [2.75, 3.05) is 20.2 Å². The zero-order chi connectivity index (χ0) is 12.7. The Balaban J connectivity index is 2.67. The van der Waals surface area contributed by atoms with Crippen molar-refractivity contribution < 1.29 is 4.74 Å². The Morgan fingerprint density at radius 3 is 2.82 bits per heavy atom. The summed E-state index contributed by atoms with van der Waals surface area (Å²) in [7, 11) is 1.68. The lowest BCUT2D eigenvalue weighted by Gasteiger charge is -2.21. The van der Waals surface area contributed by atoms with Crippen LogP contribution in [0.15, 0.2) is 24.3 Å². The molecule has 0 aliphatic heterocycles. The highest BCUT2D eigenvalue weighted by molar-refractivity contribution is 7.80. The highest BCUT2D eigenvalue weighted by Gasteiger charge is 2.06. The molecule has 4 heteroatoms. The summed E-state index contributed by atoms with van der Waals surface area (Å²) in [5.74, 6) is 0.884. The lowest BCUT2D eigenvalue weighted by molar-refractivity contribution is 0.303. The Bertz CT molecular complexity index is 368. The van der Waals surface area contributed by atoms with Crippen LogP contribution in [0.2, 0.25) is 0 Å². The maximum Gasteiger partial charge on any atom is 0.119 e. The molecule has 0 heterocycles. The molecule has 2 N–H and O–H groups in total. The van der Waals surface area contributed by atoms with E-state index in [1.807, 2.05) is 18.2 Å². The Hall–Kier alpha value is -1.13. The van der Waals surface area contributed by atoms with Gasteiger partial charge in [-0.15, -0.1) is 0 Å². The number of rotatable bonds is 7. The largest absolute Gasteiger partial charge is 0.497 e. The Labute approximate surface area is 109 Å². The molecule has 0 aliphatic carbocycles. The van der Waals surface area contributed by atoms with Crippen molar-refractivity contribution in [2.24, 2.45) is 5.73 Å². The molecular weight excluding hydrogens is 232 g/mol. The van der Waals surface area contributed by atoms with Gasteiger partial charge in [0.25, 0.3) is 0 Å². The summed E-state index contributed by atoms with van der Waals surface area (Å²) in [5, 5.41) is 0. The van der Waals surface area contributed by atoms with E-state index >= 15 is 0 Å². The van der Waals surface area contributed by atoms with Crippen LogP contribution in [-0.2, 0) is 6.54 Å². The minimum Gasteiger partial charge on any atom is -0.497 e. The fourth-order valence-corrected chi connectivity index (χ4v) is 1.96. The van der Waals surface area contributed by atoms with Crippen LogP contribution in [0.5, 0.6) is 5.75 Å². The van der Waals surface area contributed by atoms with Crippen LogP contribution >= 0.6 is 12.2 Å².